The number of fused-ring (bicyclic) bond motifs is 1. The van der Waals surface area contributed by atoms with Gasteiger partial charge in [0.05, 0.1) is 5.92 Å². The van der Waals surface area contributed by atoms with E-state index in [0.29, 0.717) is 12.0 Å². The van der Waals surface area contributed by atoms with Gasteiger partial charge in [-0.2, -0.15) is 0 Å². The predicted molar refractivity (Wildman–Crippen MR) is 111 cm³/mol. The molecule has 0 aromatic heterocycles. The van der Waals surface area contributed by atoms with Gasteiger partial charge in [-0.25, -0.2) is 0 Å². The summed E-state index contributed by atoms with van der Waals surface area (Å²) in [7, 11) is 0. The first-order valence-electron chi connectivity index (χ1n) is 9.92. The second kappa shape index (κ2) is 8.84. The van der Waals surface area contributed by atoms with Crippen molar-refractivity contribution in [1.82, 2.24) is 5.06 Å². The highest BCUT2D eigenvalue weighted by atomic mass is 16.7. The molecule has 1 aliphatic rings. The number of hydrogen-bond donors (Lipinski definition) is 0. The van der Waals surface area contributed by atoms with Crippen LogP contribution in [-0.4, -0.2) is 16.9 Å². The number of aryl methyl sites for hydroxylation is 1. The minimum Gasteiger partial charge on any atom is -0.271 e. The Morgan fingerprint density at radius 1 is 0.759 bits per heavy atom. The van der Waals surface area contributed by atoms with Crippen molar-refractivity contribution in [2.75, 3.05) is 0 Å². The molecule has 3 aromatic carbocycles. The maximum atomic E-state index is 13.1. The minimum absolute atomic E-state index is 0.178. The zero-order chi connectivity index (χ0) is 20.1. The molecule has 0 unspecified atom stereocenters. The van der Waals surface area contributed by atoms with Crippen molar-refractivity contribution in [2.24, 2.45) is 0 Å². The molecule has 146 valence electrons. The second-order valence-electron chi connectivity index (χ2n) is 7.21. The van der Waals surface area contributed by atoms with E-state index in [1.54, 1.807) is 6.07 Å². The number of carbonyl (C=O) groups is 2. The maximum absolute atomic E-state index is 13.1. The summed E-state index contributed by atoms with van der Waals surface area (Å²) in [6, 6.07) is 27.1. The normalized spacial score (nSPS) is 16.0. The monoisotopic (exact) mass is 385 g/mol. The number of nitrogens with zero attached hydrogens (tertiary/aromatic N) is 1. The van der Waals surface area contributed by atoms with Crippen LogP contribution in [-0.2, 0) is 22.7 Å². The lowest BCUT2D eigenvalue weighted by molar-refractivity contribution is -0.176. The quantitative estimate of drug-likeness (QED) is 0.543. The maximum Gasteiger partial charge on any atom is 0.285 e. The lowest BCUT2D eigenvalue weighted by Crippen LogP contribution is -2.44. The third-order valence-electron chi connectivity index (χ3n) is 5.25. The Kier molecular flexibility index (Phi) is 5.82. The van der Waals surface area contributed by atoms with Crippen LogP contribution in [0.5, 0.6) is 0 Å². The molecule has 1 atom stereocenters. The van der Waals surface area contributed by atoms with Crippen molar-refractivity contribution < 1.29 is 14.4 Å². The Morgan fingerprint density at radius 2 is 1.38 bits per heavy atom. The second-order valence-corrected chi connectivity index (χ2v) is 7.21. The molecular formula is C25H23NO3. The highest BCUT2D eigenvalue weighted by molar-refractivity contribution is 6.10. The zero-order valence-corrected chi connectivity index (χ0v) is 16.2. The van der Waals surface area contributed by atoms with E-state index >= 15 is 0 Å². The smallest absolute Gasteiger partial charge is 0.271 e. The minimum atomic E-state index is -0.388. The van der Waals surface area contributed by atoms with Crippen molar-refractivity contribution in [3.05, 3.63) is 107 Å². The van der Waals surface area contributed by atoms with Gasteiger partial charge in [-0.3, -0.25) is 14.4 Å². The van der Waals surface area contributed by atoms with Gasteiger partial charge in [0.15, 0.2) is 0 Å². The fourth-order valence-corrected chi connectivity index (χ4v) is 3.75. The van der Waals surface area contributed by atoms with Crippen LogP contribution in [0.15, 0.2) is 84.9 Å². The van der Waals surface area contributed by atoms with E-state index in [1.165, 1.54) is 5.56 Å². The molecule has 0 saturated carbocycles. The van der Waals surface area contributed by atoms with E-state index in [0.717, 1.165) is 29.0 Å². The van der Waals surface area contributed by atoms with Crippen LogP contribution in [0.2, 0.25) is 0 Å². The summed E-state index contributed by atoms with van der Waals surface area (Å²) in [6.45, 7) is 0.178. The molecule has 1 aliphatic heterocycles. The topological polar surface area (TPSA) is 46.6 Å². The van der Waals surface area contributed by atoms with Gasteiger partial charge in [0.25, 0.3) is 11.8 Å². The first kappa shape index (κ1) is 19.1. The molecule has 0 bridgehead atoms. The molecule has 4 nitrogen and oxygen atoms in total. The fraction of sp³-hybridized carbons (Fsp3) is 0.200. The van der Waals surface area contributed by atoms with E-state index < -0.39 is 0 Å². The molecule has 0 N–H and O–H groups in total. The number of benzene rings is 3. The van der Waals surface area contributed by atoms with E-state index in [2.05, 4.69) is 12.1 Å². The number of imide groups is 1. The van der Waals surface area contributed by atoms with Gasteiger partial charge in [0, 0.05) is 5.56 Å². The average Bonchev–Trinajstić information content (AvgIpc) is 2.77. The van der Waals surface area contributed by atoms with Crippen molar-refractivity contribution in [2.45, 2.75) is 31.8 Å². The SMILES string of the molecule is O=C1c2ccccc2[C@@H](CCCc2ccccc2)C(=O)N1OCc1ccccc1. The standard InChI is InChI=1S/C25H23NO3/c27-24-22-16-8-7-15-21(22)23(17-9-14-19-10-3-1-4-11-19)25(28)26(24)29-18-20-12-5-2-6-13-20/h1-8,10-13,15-16,23H,9,14,17-18H2/t23-/m1/s1. The first-order valence-corrected chi connectivity index (χ1v) is 9.92. The third-order valence-corrected chi connectivity index (χ3v) is 5.25. The van der Waals surface area contributed by atoms with Crippen LogP contribution in [0, 0.1) is 0 Å². The Labute approximate surface area is 170 Å². The van der Waals surface area contributed by atoms with Crippen LogP contribution in [0.4, 0.5) is 0 Å². The molecule has 0 radical (unpaired) electrons. The number of amides is 2. The van der Waals surface area contributed by atoms with Crippen LogP contribution < -0.4 is 0 Å². The molecule has 0 spiro atoms. The summed E-state index contributed by atoms with van der Waals surface area (Å²) in [4.78, 5) is 31.7. The highest BCUT2D eigenvalue weighted by Crippen LogP contribution is 2.33. The van der Waals surface area contributed by atoms with Crippen molar-refractivity contribution >= 4 is 11.8 Å². The highest BCUT2D eigenvalue weighted by Gasteiger charge is 2.39. The van der Waals surface area contributed by atoms with Crippen molar-refractivity contribution in [3.8, 4) is 0 Å². The lowest BCUT2D eigenvalue weighted by atomic mass is 9.85. The Bertz CT molecular complexity index is 985. The first-order chi connectivity index (χ1) is 14.2. The largest absolute Gasteiger partial charge is 0.285 e. The van der Waals surface area contributed by atoms with Gasteiger partial charge in [-0.1, -0.05) is 78.9 Å². The van der Waals surface area contributed by atoms with Gasteiger partial charge in [-0.05, 0) is 42.0 Å². The molecule has 29 heavy (non-hydrogen) atoms. The van der Waals surface area contributed by atoms with E-state index in [1.807, 2.05) is 66.7 Å². The summed E-state index contributed by atoms with van der Waals surface area (Å²) in [5, 5.41) is 0.961. The molecule has 2 amide bonds. The Morgan fingerprint density at radius 3 is 2.10 bits per heavy atom. The Balaban J connectivity index is 1.51. The molecule has 4 rings (SSSR count). The lowest BCUT2D eigenvalue weighted by Gasteiger charge is -2.31. The number of carbonyl (C=O) groups excluding carboxylic acids is 2. The molecule has 3 aromatic rings. The Hall–Kier alpha value is -3.24. The third kappa shape index (κ3) is 4.28. The van der Waals surface area contributed by atoms with Gasteiger partial charge in [0.1, 0.15) is 6.61 Å². The van der Waals surface area contributed by atoms with Crippen LogP contribution in [0.3, 0.4) is 0 Å². The predicted octanol–water partition coefficient (Wildman–Crippen LogP) is 4.91. The average molecular weight is 385 g/mol. The fourth-order valence-electron chi connectivity index (χ4n) is 3.75. The number of hydrogen-bond acceptors (Lipinski definition) is 3. The molecule has 0 aliphatic carbocycles. The van der Waals surface area contributed by atoms with Gasteiger partial charge < -0.3 is 0 Å². The van der Waals surface area contributed by atoms with Crippen LogP contribution in [0.25, 0.3) is 0 Å². The van der Waals surface area contributed by atoms with Gasteiger partial charge >= 0.3 is 0 Å². The van der Waals surface area contributed by atoms with E-state index in [4.69, 9.17) is 4.84 Å². The molecule has 1 heterocycles. The molecule has 0 saturated heterocycles. The van der Waals surface area contributed by atoms with Crippen LogP contribution >= 0.6 is 0 Å². The summed E-state index contributed by atoms with van der Waals surface area (Å²) in [5.74, 6) is -1.04. The molecule has 4 heteroatoms. The zero-order valence-electron chi connectivity index (χ0n) is 16.2. The van der Waals surface area contributed by atoms with E-state index in [9.17, 15) is 9.59 Å². The van der Waals surface area contributed by atoms with Crippen molar-refractivity contribution in [1.29, 1.82) is 0 Å². The van der Waals surface area contributed by atoms with Gasteiger partial charge in [-0.15, -0.1) is 5.06 Å². The summed E-state index contributed by atoms with van der Waals surface area (Å²) < 4.78 is 0. The number of rotatable bonds is 7. The summed E-state index contributed by atoms with van der Waals surface area (Å²) >= 11 is 0. The number of hydroxylamine groups is 2. The molecule has 0 fully saturated rings. The molecular weight excluding hydrogens is 362 g/mol. The van der Waals surface area contributed by atoms with Gasteiger partial charge in [0.2, 0.25) is 0 Å². The van der Waals surface area contributed by atoms with Crippen LogP contribution in [0.1, 0.15) is 45.8 Å². The van der Waals surface area contributed by atoms with E-state index in [-0.39, 0.29) is 24.3 Å². The summed E-state index contributed by atoms with van der Waals surface area (Å²) in [5.41, 5.74) is 3.50. The van der Waals surface area contributed by atoms with Crippen molar-refractivity contribution in [3.63, 3.8) is 0 Å². The summed E-state index contributed by atoms with van der Waals surface area (Å²) in [6.07, 6.45) is 2.42.